The number of aromatic nitrogens is 2. The minimum atomic E-state index is -0.457. The van der Waals surface area contributed by atoms with E-state index in [2.05, 4.69) is 41.9 Å². The van der Waals surface area contributed by atoms with Gasteiger partial charge in [-0.3, -0.25) is 9.59 Å². The molecule has 1 N–H and O–H groups in total. The summed E-state index contributed by atoms with van der Waals surface area (Å²) in [6.07, 6.45) is 4.19. The van der Waals surface area contributed by atoms with Crippen LogP contribution in [0.1, 0.15) is 74.8 Å². The number of nitrogens with zero attached hydrogens (tertiary/aromatic N) is 3. The van der Waals surface area contributed by atoms with E-state index in [1.807, 2.05) is 18.7 Å². The summed E-state index contributed by atoms with van der Waals surface area (Å²) < 4.78 is 2.13. The molecule has 0 unspecified atom stereocenters. The molecule has 170 valence electrons. The van der Waals surface area contributed by atoms with Gasteiger partial charge in [0.1, 0.15) is 11.2 Å². The quantitative estimate of drug-likeness (QED) is 0.756. The van der Waals surface area contributed by atoms with E-state index in [0.29, 0.717) is 32.1 Å². The zero-order chi connectivity index (χ0) is 22.6. The van der Waals surface area contributed by atoms with Gasteiger partial charge in [0.05, 0.1) is 18.8 Å². The molecule has 1 amide bonds. The third-order valence-electron chi connectivity index (χ3n) is 7.54. The smallest absolute Gasteiger partial charge is 0.240 e. The summed E-state index contributed by atoms with van der Waals surface area (Å²) in [4.78, 5) is 33.4. The summed E-state index contributed by atoms with van der Waals surface area (Å²) in [5.41, 5.74) is 5.33. The van der Waals surface area contributed by atoms with Crippen LogP contribution in [0.4, 0.5) is 5.69 Å². The van der Waals surface area contributed by atoms with Crippen LogP contribution < -0.4 is 10.2 Å². The molecule has 0 atom stereocenters. The molecule has 1 aliphatic carbocycles. The number of hydrogen-bond donors (Lipinski definition) is 1. The Kier molecular flexibility index (Phi) is 5.24. The molecule has 1 saturated heterocycles. The number of Topliss-reactive ketones (excluding diaryl/α,β-unsaturated/α-hetero) is 1. The first kappa shape index (κ1) is 21.4. The topological polar surface area (TPSA) is 67.2 Å². The molecule has 3 aliphatic rings. The maximum atomic E-state index is 13.8. The second kappa shape index (κ2) is 7.84. The van der Waals surface area contributed by atoms with Crippen molar-refractivity contribution in [2.24, 2.45) is 5.92 Å². The maximum Gasteiger partial charge on any atom is 0.240 e. The number of imidazole rings is 1. The van der Waals surface area contributed by atoms with Crippen molar-refractivity contribution in [2.75, 3.05) is 18.0 Å². The minimum absolute atomic E-state index is 0.0171. The van der Waals surface area contributed by atoms with E-state index in [-0.39, 0.29) is 17.6 Å². The average Bonchev–Trinajstić information content (AvgIpc) is 3.20. The Morgan fingerprint density at radius 3 is 2.56 bits per heavy atom. The maximum absolute atomic E-state index is 13.8. The lowest BCUT2D eigenvalue weighted by atomic mass is 9.73. The van der Waals surface area contributed by atoms with Crippen molar-refractivity contribution in [1.29, 1.82) is 0 Å². The second-order valence-corrected chi connectivity index (χ2v) is 10.3. The van der Waals surface area contributed by atoms with Crippen LogP contribution in [0.3, 0.4) is 0 Å². The molecule has 3 heterocycles. The van der Waals surface area contributed by atoms with Gasteiger partial charge in [0, 0.05) is 30.4 Å². The molecule has 6 heteroatoms. The molecule has 1 fully saturated rings. The number of carbonyl (C=O) groups is 2. The lowest BCUT2D eigenvalue weighted by Gasteiger charge is -2.39. The third kappa shape index (κ3) is 3.14. The molecule has 5 rings (SSSR count). The van der Waals surface area contributed by atoms with Crippen LogP contribution in [0.15, 0.2) is 18.2 Å². The van der Waals surface area contributed by atoms with E-state index in [1.165, 1.54) is 16.8 Å². The Balaban J connectivity index is 1.57. The third-order valence-corrected chi connectivity index (χ3v) is 7.54. The Morgan fingerprint density at radius 1 is 1.16 bits per heavy atom. The van der Waals surface area contributed by atoms with Crippen molar-refractivity contribution >= 4 is 17.4 Å². The predicted octanol–water partition coefficient (Wildman–Crippen LogP) is 3.50. The number of nitrogens with one attached hydrogen (secondary N) is 1. The number of fused-ring (bicyclic) bond motifs is 3. The summed E-state index contributed by atoms with van der Waals surface area (Å²) in [7, 11) is 0. The first-order chi connectivity index (χ1) is 15.3. The first-order valence-electron chi connectivity index (χ1n) is 12.1. The van der Waals surface area contributed by atoms with Crippen molar-refractivity contribution < 1.29 is 9.59 Å². The number of aryl methyl sites for hydroxylation is 1. The lowest BCUT2D eigenvalue weighted by Crippen LogP contribution is -2.62. The molecule has 2 aliphatic heterocycles. The largest absolute Gasteiger partial charge is 0.323 e. The van der Waals surface area contributed by atoms with Crippen LogP contribution in [-0.2, 0) is 40.9 Å². The molecule has 1 aromatic heterocycles. The van der Waals surface area contributed by atoms with Crippen molar-refractivity contribution in [1.82, 2.24) is 14.9 Å². The monoisotopic (exact) mass is 434 g/mol. The van der Waals surface area contributed by atoms with Gasteiger partial charge in [-0.05, 0) is 48.8 Å². The van der Waals surface area contributed by atoms with Gasteiger partial charge >= 0.3 is 0 Å². The van der Waals surface area contributed by atoms with E-state index in [4.69, 9.17) is 4.98 Å². The fourth-order valence-electron chi connectivity index (χ4n) is 5.56. The Bertz CT molecular complexity index is 1080. The molecule has 0 radical (unpaired) electrons. The van der Waals surface area contributed by atoms with Gasteiger partial charge in [-0.2, -0.15) is 0 Å². The summed E-state index contributed by atoms with van der Waals surface area (Å²) >= 11 is 0. The van der Waals surface area contributed by atoms with E-state index in [9.17, 15) is 9.59 Å². The van der Waals surface area contributed by atoms with Crippen LogP contribution >= 0.6 is 0 Å². The van der Waals surface area contributed by atoms with Crippen LogP contribution in [0, 0.1) is 5.92 Å². The van der Waals surface area contributed by atoms with Crippen molar-refractivity contribution in [2.45, 2.75) is 77.8 Å². The Morgan fingerprint density at radius 2 is 1.91 bits per heavy atom. The van der Waals surface area contributed by atoms with E-state index < -0.39 is 5.41 Å². The SMILES string of the molecule is CC(C)C(=O)Cn1c(CN2C(=O)C3(CNC3)c3c(C(C)C)cccc32)nc2c1CCCC2. The first-order valence-corrected chi connectivity index (χ1v) is 12.1. The predicted molar refractivity (Wildman–Crippen MR) is 125 cm³/mol. The number of rotatable bonds is 6. The summed E-state index contributed by atoms with van der Waals surface area (Å²) in [6, 6.07) is 6.32. The van der Waals surface area contributed by atoms with Gasteiger partial charge in [-0.1, -0.05) is 39.8 Å². The van der Waals surface area contributed by atoms with E-state index in [0.717, 1.165) is 42.9 Å². The van der Waals surface area contributed by atoms with Crippen LogP contribution in [-0.4, -0.2) is 34.3 Å². The molecule has 6 nitrogen and oxygen atoms in total. The highest BCUT2D eigenvalue weighted by Gasteiger charge is 2.56. The summed E-state index contributed by atoms with van der Waals surface area (Å²) in [6.45, 7) is 10.4. The molecular formula is C26H34N4O2. The standard InChI is InChI=1S/C26H34N4O2/c1-16(2)18-8-7-11-21-24(18)26(14-27-15-26)25(32)30(21)13-23-28-19-9-5-6-10-20(19)29(23)12-22(31)17(3)4/h7-8,11,16-17,27H,5-6,9-10,12-15H2,1-4H3. The van der Waals surface area contributed by atoms with Crippen molar-refractivity contribution in [3.63, 3.8) is 0 Å². The molecular weight excluding hydrogens is 400 g/mol. The zero-order valence-electron chi connectivity index (χ0n) is 19.7. The minimum Gasteiger partial charge on any atom is -0.323 e. The van der Waals surface area contributed by atoms with Gasteiger partial charge in [0.15, 0.2) is 5.78 Å². The number of benzene rings is 1. The van der Waals surface area contributed by atoms with Crippen molar-refractivity contribution in [3.8, 4) is 0 Å². The van der Waals surface area contributed by atoms with Crippen LogP contribution in [0.2, 0.25) is 0 Å². The molecule has 0 saturated carbocycles. The number of carbonyl (C=O) groups excluding carboxylic acids is 2. The van der Waals surface area contributed by atoms with Gasteiger partial charge in [-0.25, -0.2) is 4.98 Å². The van der Waals surface area contributed by atoms with Gasteiger partial charge in [0.25, 0.3) is 0 Å². The van der Waals surface area contributed by atoms with Crippen LogP contribution in [0.5, 0.6) is 0 Å². The fourth-order valence-corrected chi connectivity index (χ4v) is 5.56. The summed E-state index contributed by atoms with van der Waals surface area (Å²) in [5.74, 6) is 1.57. The highest BCUT2D eigenvalue weighted by atomic mass is 16.2. The lowest BCUT2D eigenvalue weighted by molar-refractivity contribution is -0.125. The molecule has 1 aromatic carbocycles. The van der Waals surface area contributed by atoms with E-state index in [1.54, 1.807) is 0 Å². The highest BCUT2D eigenvalue weighted by molar-refractivity contribution is 6.09. The Hall–Kier alpha value is -2.47. The fraction of sp³-hybridized carbons (Fsp3) is 0.577. The van der Waals surface area contributed by atoms with Crippen molar-refractivity contribution in [3.05, 3.63) is 46.5 Å². The summed E-state index contributed by atoms with van der Waals surface area (Å²) in [5, 5.41) is 3.34. The number of anilines is 1. The van der Waals surface area contributed by atoms with Gasteiger partial charge in [-0.15, -0.1) is 0 Å². The molecule has 32 heavy (non-hydrogen) atoms. The zero-order valence-corrected chi connectivity index (χ0v) is 19.7. The second-order valence-electron chi connectivity index (χ2n) is 10.3. The van der Waals surface area contributed by atoms with Gasteiger partial charge in [0.2, 0.25) is 5.91 Å². The molecule has 1 spiro atoms. The highest BCUT2D eigenvalue weighted by Crippen LogP contribution is 2.48. The average molecular weight is 435 g/mol. The van der Waals surface area contributed by atoms with Crippen LogP contribution in [0.25, 0.3) is 0 Å². The Labute approximate surface area is 190 Å². The normalized spacial score (nSPS) is 18.9. The molecule has 2 aromatic rings. The molecule has 0 bridgehead atoms. The number of hydrogen-bond acceptors (Lipinski definition) is 4. The number of ketones is 1. The van der Waals surface area contributed by atoms with Gasteiger partial charge < -0.3 is 14.8 Å². The van der Waals surface area contributed by atoms with E-state index >= 15 is 0 Å². The number of amides is 1.